The van der Waals surface area contributed by atoms with Gasteiger partial charge in [-0.3, -0.25) is 9.59 Å². The monoisotopic (exact) mass is 495 g/mol. The normalized spacial score (nSPS) is 26.5. The number of hydrogen-bond acceptors (Lipinski definition) is 4. The van der Waals surface area contributed by atoms with Crippen LogP contribution in [0.4, 0.5) is 26.3 Å². The molecule has 0 unspecified atom stereocenters. The molecule has 4 rings (SSSR count). The molecule has 2 fully saturated rings. The second kappa shape index (κ2) is 9.18. The van der Waals surface area contributed by atoms with E-state index in [0.717, 1.165) is 23.5 Å². The zero-order chi connectivity index (χ0) is 24.7. The van der Waals surface area contributed by atoms with E-state index in [2.05, 4.69) is 5.32 Å². The summed E-state index contributed by atoms with van der Waals surface area (Å²) >= 11 is 0. The Morgan fingerprint density at radius 2 is 1.76 bits per heavy atom. The maximum atomic E-state index is 13.6. The fourth-order valence-electron chi connectivity index (χ4n) is 5.48. The molecular weight excluding hydrogens is 468 g/mol. The SMILES string of the molecule is O=C(N1CCn2c(cc(C(F)(F)F)cc2=O)C1)[C@@]1(CC(F)(F)F)CC[C@@H](NC2CCOCC2)C1. The Hall–Kier alpha value is -2.08. The van der Waals surface area contributed by atoms with E-state index in [1.54, 1.807) is 0 Å². The van der Waals surface area contributed by atoms with Crippen molar-refractivity contribution < 1.29 is 35.9 Å². The van der Waals surface area contributed by atoms with Gasteiger partial charge in [0.25, 0.3) is 5.56 Å². The summed E-state index contributed by atoms with van der Waals surface area (Å²) < 4.78 is 86.6. The van der Waals surface area contributed by atoms with Gasteiger partial charge in [0, 0.05) is 50.1 Å². The Morgan fingerprint density at radius 1 is 1.06 bits per heavy atom. The van der Waals surface area contributed by atoms with Crippen molar-refractivity contribution in [3.8, 4) is 0 Å². The molecule has 1 saturated heterocycles. The fraction of sp³-hybridized carbons (Fsp3) is 0.727. The molecule has 3 aliphatic rings. The first-order valence-electron chi connectivity index (χ1n) is 11.4. The molecule has 1 N–H and O–H groups in total. The van der Waals surface area contributed by atoms with Gasteiger partial charge < -0.3 is 19.5 Å². The largest absolute Gasteiger partial charge is 0.416 e. The number of nitrogens with zero attached hydrogens (tertiary/aromatic N) is 2. The number of hydrogen-bond donors (Lipinski definition) is 1. The number of fused-ring (bicyclic) bond motifs is 1. The van der Waals surface area contributed by atoms with Gasteiger partial charge in [0.1, 0.15) is 0 Å². The minimum atomic E-state index is -4.74. The Morgan fingerprint density at radius 3 is 2.41 bits per heavy atom. The lowest BCUT2D eigenvalue weighted by Gasteiger charge is -2.38. The second-order valence-electron chi connectivity index (χ2n) is 9.52. The Balaban J connectivity index is 1.55. The van der Waals surface area contributed by atoms with Crippen LogP contribution in [-0.2, 0) is 28.8 Å². The zero-order valence-electron chi connectivity index (χ0n) is 18.5. The summed E-state index contributed by atoms with van der Waals surface area (Å²) in [5, 5.41) is 3.37. The Kier molecular flexibility index (Phi) is 6.75. The molecule has 0 spiro atoms. The lowest BCUT2D eigenvalue weighted by atomic mass is 9.80. The van der Waals surface area contributed by atoms with Crippen molar-refractivity contribution in [2.45, 2.75) is 76.1 Å². The number of pyridine rings is 1. The van der Waals surface area contributed by atoms with Crippen LogP contribution in [0.3, 0.4) is 0 Å². The number of carbonyl (C=O) groups is 1. The van der Waals surface area contributed by atoms with Gasteiger partial charge in [0.2, 0.25) is 5.91 Å². The van der Waals surface area contributed by atoms with Crippen LogP contribution in [0.15, 0.2) is 16.9 Å². The lowest BCUT2D eigenvalue weighted by Crippen LogP contribution is -2.50. The number of amides is 1. The molecular formula is C22H27F6N3O3. The van der Waals surface area contributed by atoms with E-state index in [0.29, 0.717) is 25.7 Å². The molecule has 12 heteroatoms. The van der Waals surface area contributed by atoms with E-state index in [1.807, 2.05) is 0 Å². The molecule has 190 valence electrons. The minimum absolute atomic E-state index is 0.00853. The highest BCUT2D eigenvalue weighted by Gasteiger charge is 2.53. The molecule has 34 heavy (non-hydrogen) atoms. The van der Waals surface area contributed by atoms with Gasteiger partial charge in [-0.2, -0.15) is 26.3 Å². The Labute approximate surface area is 192 Å². The van der Waals surface area contributed by atoms with Gasteiger partial charge in [-0.1, -0.05) is 0 Å². The lowest BCUT2D eigenvalue weighted by molar-refractivity contribution is -0.175. The first-order chi connectivity index (χ1) is 15.9. The zero-order valence-corrected chi connectivity index (χ0v) is 18.5. The quantitative estimate of drug-likeness (QED) is 0.650. The van der Waals surface area contributed by atoms with Crippen LogP contribution in [0.2, 0.25) is 0 Å². The number of halogens is 6. The first kappa shape index (κ1) is 25.0. The van der Waals surface area contributed by atoms with Crippen molar-refractivity contribution in [1.82, 2.24) is 14.8 Å². The van der Waals surface area contributed by atoms with Crippen LogP contribution in [0.5, 0.6) is 0 Å². The third kappa shape index (κ3) is 5.42. The molecule has 3 heterocycles. The molecule has 1 aromatic rings. The van der Waals surface area contributed by atoms with Gasteiger partial charge in [0.15, 0.2) is 0 Å². The van der Waals surface area contributed by atoms with Crippen LogP contribution in [0.1, 0.15) is 49.8 Å². The number of rotatable bonds is 4. The van der Waals surface area contributed by atoms with Crippen LogP contribution < -0.4 is 10.9 Å². The van der Waals surface area contributed by atoms with E-state index in [4.69, 9.17) is 4.74 Å². The van der Waals surface area contributed by atoms with E-state index in [1.165, 1.54) is 4.90 Å². The molecule has 0 aromatic carbocycles. The van der Waals surface area contributed by atoms with Crippen molar-refractivity contribution in [2.75, 3.05) is 19.8 Å². The molecule has 2 atom stereocenters. The van der Waals surface area contributed by atoms with Crippen molar-refractivity contribution in [2.24, 2.45) is 5.41 Å². The number of alkyl halides is 6. The molecule has 6 nitrogen and oxygen atoms in total. The van der Waals surface area contributed by atoms with Crippen molar-refractivity contribution in [3.63, 3.8) is 0 Å². The highest BCUT2D eigenvalue weighted by Crippen LogP contribution is 2.48. The van der Waals surface area contributed by atoms with Crippen LogP contribution in [-0.4, -0.2) is 53.4 Å². The molecule has 1 aromatic heterocycles. The fourth-order valence-corrected chi connectivity index (χ4v) is 5.48. The molecule has 0 bridgehead atoms. The number of nitrogens with one attached hydrogen (secondary N) is 1. The molecule has 2 aliphatic heterocycles. The number of carbonyl (C=O) groups excluding carboxylic acids is 1. The van der Waals surface area contributed by atoms with Crippen LogP contribution >= 0.6 is 0 Å². The maximum absolute atomic E-state index is 13.6. The Bertz CT molecular complexity index is 970. The summed E-state index contributed by atoms with van der Waals surface area (Å²) in [6.07, 6.45) is -8.65. The molecule has 0 radical (unpaired) electrons. The average Bonchev–Trinajstić information content (AvgIpc) is 3.14. The predicted molar refractivity (Wildman–Crippen MR) is 109 cm³/mol. The summed E-state index contributed by atoms with van der Waals surface area (Å²) in [7, 11) is 0. The van der Waals surface area contributed by atoms with Crippen LogP contribution in [0, 0.1) is 5.41 Å². The van der Waals surface area contributed by atoms with Gasteiger partial charge in [-0.05, 0) is 38.2 Å². The summed E-state index contributed by atoms with van der Waals surface area (Å²) in [5.74, 6) is -0.711. The van der Waals surface area contributed by atoms with Gasteiger partial charge in [-0.25, -0.2) is 0 Å². The number of ether oxygens (including phenoxy) is 1. The van der Waals surface area contributed by atoms with E-state index >= 15 is 0 Å². The summed E-state index contributed by atoms with van der Waals surface area (Å²) in [6.45, 7) is 0.710. The van der Waals surface area contributed by atoms with E-state index < -0.39 is 41.2 Å². The third-order valence-electron chi connectivity index (χ3n) is 7.07. The molecule has 1 amide bonds. The standard InChI is InChI=1S/C22H27F6N3O3/c23-21(24,25)13-20(4-1-16(11-20)29-15-2-7-34-8-3-15)19(33)30-5-6-31-17(12-30)9-14(10-18(31)32)22(26,27)28/h9-10,15-16,29H,1-8,11-13H2/t16-,20+/m1/s1. The molecule has 1 saturated carbocycles. The second-order valence-corrected chi connectivity index (χ2v) is 9.52. The van der Waals surface area contributed by atoms with Crippen molar-refractivity contribution in [1.29, 1.82) is 0 Å². The summed E-state index contributed by atoms with van der Waals surface area (Å²) in [4.78, 5) is 26.8. The van der Waals surface area contributed by atoms with Crippen molar-refractivity contribution >= 4 is 5.91 Å². The number of aromatic nitrogens is 1. The maximum Gasteiger partial charge on any atom is 0.416 e. The van der Waals surface area contributed by atoms with Crippen LogP contribution in [0.25, 0.3) is 0 Å². The van der Waals surface area contributed by atoms with E-state index in [-0.39, 0.29) is 50.3 Å². The highest BCUT2D eigenvalue weighted by molar-refractivity contribution is 5.83. The smallest absolute Gasteiger partial charge is 0.381 e. The first-order valence-corrected chi connectivity index (χ1v) is 11.4. The van der Waals surface area contributed by atoms with Gasteiger partial charge in [0.05, 0.1) is 23.9 Å². The van der Waals surface area contributed by atoms with Crippen molar-refractivity contribution in [3.05, 3.63) is 33.7 Å². The predicted octanol–water partition coefficient (Wildman–Crippen LogP) is 3.47. The average molecular weight is 495 g/mol. The third-order valence-corrected chi connectivity index (χ3v) is 7.07. The van der Waals surface area contributed by atoms with Gasteiger partial charge in [-0.15, -0.1) is 0 Å². The van der Waals surface area contributed by atoms with E-state index in [9.17, 15) is 35.9 Å². The minimum Gasteiger partial charge on any atom is -0.381 e. The molecule has 1 aliphatic carbocycles. The topological polar surface area (TPSA) is 63.6 Å². The van der Waals surface area contributed by atoms with Gasteiger partial charge >= 0.3 is 12.4 Å². The highest BCUT2D eigenvalue weighted by atomic mass is 19.4. The summed E-state index contributed by atoms with van der Waals surface area (Å²) in [6, 6.07) is 1.15. The summed E-state index contributed by atoms with van der Waals surface area (Å²) in [5.41, 5.74) is -3.69.